The van der Waals surface area contributed by atoms with Crippen LogP contribution in [0.2, 0.25) is 0 Å². The molecule has 0 aromatic heterocycles. The van der Waals surface area contributed by atoms with Crippen molar-refractivity contribution in [2.75, 3.05) is 5.32 Å². The molecule has 3 aromatic rings. The van der Waals surface area contributed by atoms with Crippen LogP contribution < -0.4 is 10.1 Å². The number of ether oxygens (including phenoxy) is 1. The van der Waals surface area contributed by atoms with Gasteiger partial charge in [-0.25, -0.2) is 4.79 Å². The van der Waals surface area contributed by atoms with Gasteiger partial charge in [-0.2, -0.15) is 13.2 Å². The second-order valence-electron chi connectivity index (χ2n) is 5.95. The Labute approximate surface area is 163 Å². The maximum Gasteiger partial charge on any atom is 0.416 e. The van der Waals surface area contributed by atoms with Crippen molar-refractivity contribution in [3.8, 4) is 11.5 Å². The number of anilines is 1. The van der Waals surface area contributed by atoms with E-state index in [9.17, 15) is 22.8 Å². The molecule has 148 valence electrons. The number of para-hydroxylation sites is 1. The highest BCUT2D eigenvalue weighted by Crippen LogP contribution is 2.31. The summed E-state index contributed by atoms with van der Waals surface area (Å²) in [6.07, 6.45) is -4.42. The lowest BCUT2D eigenvalue weighted by molar-refractivity contribution is -0.137. The van der Waals surface area contributed by atoms with E-state index in [1.165, 1.54) is 48.5 Å². The van der Waals surface area contributed by atoms with Crippen molar-refractivity contribution in [1.29, 1.82) is 0 Å². The van der Waals surface area contributed by atoms with E-state index in [1.54, 1.807) is 12.1 Å². The number of rotatable bonds is 5. The number of carbonyl (C=O) groups excluding carboxylic acids is 1. The fraction of sp³-hybridized carbons (Fsp3) is 0.0476. The van der Waals surface area contributed by atoms with Crippen molar-refractivity contribution in [2.45, 2.75) is 6.18 Å². The van der Waals surface area contributed by atoms with Crippen molar-refractivity contribution in [3.05, 3.63) is 89.5 Å². The van der Waals surface area contributed by atoms with Crippen molar-refractivity contribution in [1.82, 2.24) is 0 Å². The van der Waals surface area contributed by atoms with E-state index in [-0.39, 0.29) is 22.6 Å². The van der Waals surface area contributed by atoms with Crippen molar-refractivity contribution >= 4 is 17.6 Å². The normalized spacial score (nSPS) is 11.0. The summed E-state index contributed by atoms with van der Waals surface area (Å²) in [6.45, 7) is 0. The predicted molar refractivity (Wildman–Crippen MR) is 99.3 cm³/mol. The van der Waals surface area contributed by atoms with Crippen LogP contribution in [0.5, 0.6) is 11.5 Å². The Hall–Kier alpha value is -3.81. The molecule has 0 saturated heterocycles. The van der Waals surface area contributed by atoms with Gasteiger partial charge >= 0.3 is 12.1 Å². The fourth-order valence-corrected chi connectivity index (χ4v) is 2.50. The van der Waals surface area contributed by atoms with Gasteiger partial charge in [0.2, 0.25) is 0 Å². The van der Waals surface area contributed by atoms with Crippen LogP contribution in [-0.2, 0) is 6.18 Å². The van der Waals surface area contributed by atoms with Crippen LogP contribution in [0.4, 0.5) is 18.9 Å². The number of carbonyl (C=O) groups is 2. The van der Waals surface area contributed by atoms with Gasteiger partial charge in [-0.05, 0) is 60.7 Å². The monoisotopic (exact) mass is 401 g/mol. The number of amides is 1. The van der Waals surface area contributed by atoms with Crippen molar-refractivity contribution in [2.24, 2.45) is 0 Å². The molecule has 3 rings (SSSR count). The number of benzene rings is 3. The van der Waals surface area contributed by atoms with Gasteiger partial charge in [-0.1, -0.05) is 12.1 Å². The van der Waals surface area contributed by atoms with Gasteiger partial charge in [0.15, 0.2) is 0 Å². The number of hydrogen-bond donors (Lipinski definition) is 2. The smallest absolute Gasteiger partial charge is 0.416 e. The molecule has 8 heteroatoms. The first-order valence-corrected chi connectivity index (χ1v) is 8.33. The highest BCUT2D eigenvalue weighted by Gasteiger charge is 2.30. The maximum absolute atomic E-state index is 12.6. The molecule has 0 fully saturated rings. The van der Waals surface area contributed by atoms with Gasteiger partial charge in [0.05, 0.1) is 16.8 Å². The molecule has 0 unspecified atom stereocenters. The Balaban J connectivity index is 1.69. The minimum absolute atomic E-state index is 0.0388. The van der Waals surface area contributed by atoms with Gasteiger partial charge in [0.25, 0.3) is 5.91 Å². The van der Waals surface area contributed by atoms with Gasteiger partial charge in [0.1, 0.15) is 11.5 Å². The summed E-state index contributed by atoms with van der Waals surface area (Å²) >= 11 is 0. The Morgan fingerprint density at radius 3 is 1.93 bits per heavy atom. The molecule has 0 radical (unpaired) electrons. The lowest BCUT2D eigenvalue weighted by Gasteiger charge is -2.10. The first-order chi connectivity index (χ1) is 13.7. The van der Waals surface area contributed by atoms with E-state index in [2.05, 4.69) is 5.32 Å². The Morgan fingerprint density at radius 1 is 0.828 bits per heavy atom. The molecule has 0 aliphatic carbocycles. The second-order valence-corrected chi connectivity index (χ2v) is 5.95. The fourth-order valence-electron chi connectivity index (χ4n) is 2.50. The summed E-state index contributed by atoms with van der Waals surface area (Å²) in [5.41, 5.74) is -0.401. The number of carboxylic acids is 1. The van der Waals surface area contributed by atoms with Crippen molar-refractivity contribution in [3.63, 3.8) is 0 Å². The predicted octanol–water partition coefficient (Wildman–Crippen LogP) is 5.45. The van der Waals surface area contributed by atoms with E-state index in [0.29, 0.717) is 5.75 Å². The molecule has 0 bridgehead atoms. The van der Waals surface area contributed by atoms with Crippen LogP contribution in [0.1, 0.15) is 26.3 Å². The quantitative estimate of drug-likeness (QED) is 0.596. The largest absolute Gasteiger partial charge is 0.478 e. The summed E-state index contributed by atoms with van der Waals surface area (Å²) in [5, 5.41) is 11.7. The number of alkyl halides is 3. The summed E-state index contributed by atoms with van der Waals surface area (Å²) < 4.78 is 43.2. The van der Waals surface area contributed by atoms with Crippen LogP contribution in [0.3, 0.4) is 0 Å². The highest BCUT2D eigenvalue weighted by atomic mass is 19.4. The van der Waals surface area contributed by atoms with E-state index < -0.39 is 23.6 Å². The van der Waals surface area contributed by atoms with E-state index in [0.717, 1.165) is 12.1 Å². The Morgan fingerprint density at radius 2 is 1.38 bits per heavy atom. The van der Waals surface area contributed by atoms with Gasteiger partial charge in [0, 0.05) is 5.56 Å². The third kappa shape index (κ3) is 4.92. The van der Waals surface area contributed by atoms with E-state index in [4.69, 9.17) is 9.84 Å². The maximum atomic E-state index is 12.6. The molecule has 0 atom stereocenters. The highest BCUT2D eigenvalue weighted by molar-refractivity contribution is 6.07. The van der Waals surface area contributed by atoms with Crippen LogP contribution in [-0.4, -0.2) is 17.0 Å². The van der Waals surface area contributed by atoms with E-state index in [1.807, 2.05) is 0 Å². The third-order valence-corrected chi connectivity index (χ3v) is 3.94. The topological polar surface area (TPSA) is 75.6 Å². The zero-order valence-electron chi connectivity index (χ0n) is 14.7. The Kier molecular flexibility index (Phi) is 5.54. The first-order valence-electron chi connectivity index (χ1n) is 8.33. The lowest BCUT2D eigenvalue weighted by Crippen LogP contribution is -2.14. The molecule has 0 spiro atoms. The molecular formula is C21H14F3NO4. The molecule has 0 aliphatic rings. The van der Waals surface area contributed by atoms with Crippen LogP contribution in [0.15, 0.2) is 72.8 Å². The minimum atomic E-state index is -4.42. The zero-order chi connectivity index (χ0) is 21.0. The number of carboxylic acid groups (broad SMARTS) is 1. The summed E-state index contributed by atoms with van der Waals surface area (Å²) in [7, 11) is 0. The summed E-state index contributed by atoms with van der Waals surface area (Å²) in [4.78, 5) is 23.5. The number of halogens is 3. The van der Waals surface area contributed by atoms with E-state index >= 15 is 0 Å². The number of nitrogens with one attached hydrogen (secondary N) is 1. The summed E-state index contributed by atoms with van der Waals surface area (Å²) in [5.74, 6) is -1.14. The molecular weight excluding hydrogens is 387 g/mol. The number of hydrogen-bond acceptors (Lipinski definition) is 3. The zero-order valence-corrected chi connectivity index (χ0v) is 14.7. The molecule has 29 heavy (non-hydrogen) atoms. The standard InChI is InChI=1S/C21H14F3NO4/c22-21(23,24)14-7-11-16(12-8-14)29-15-9-5-13(6-10-15)19(26)25-18-4-2-1-3-17(18)20(27)28/h1-12H,(H,25,26)(H,27,28). The molecule has 0 heterocycles. The SMILES string of the molecule is O=C(Nc1ccccc1C(=O)O)c1ccc(Oc2ccc(C(F)(F)F)cc2)cc1. The average Bonchev–Trinajstić information content (AvgIpc) is 2.68. The second kappa shape index (κ2) is 8.05. The third-order valence-electron chi connectivity index (χ3n) is 3.94. The van der Waals surface area contributed by atoms with Gasteiger partial charge in [-0.3, -0.25) is 4.79 Å². The summed E-state index contributed by atoms with van der Waals surface area (Å²) in [6, 6.07) is 16.1. The molecule has 1 amide bonds. The number of aromatic carboxylic acids is 1. The van der Waals surface area contributed by atoms with Gasteiger partial charge < -0.3 is 15.2 Å². The van der Waals surface area contributed by atoms with Crippen LogP contribution in [0.25, 0.3) is 0 Å². The molecule has 0 saturated carbocycles. The van der Waals surface area contributed by atoms with Crippen molar-refractivity contribution < 1.29 is 32.6 Å². The Bertz CT molecular complexity index is 1030. The molecule has 0 aliphatic heterocycles. The van der Waals surface area contributed by atoms with Crippen LogP contribution in [0, 0.1) is 0 Å². The first kappa shape index (κ1) is 19.9. The minimum Gasteiger partial charge on any atom is -0.478 e. The molecule has 5 nitrogen and oxygen atoms in total. The van der Waals surface area contributed by atoms with Gasteiger partial charge in [-0.15, -0.1) is 0 Å². The molecule has 2 N–H and O–H groups in total. The van der Waals surface area contributed by atoms with Crippen LogP contribution >= 0.6 is 0 Å². The average molecular weight is 401 g/mol. The molecule has 3 aromatic carbocycles. The lowest BCUT2D eigenvalue weighted by atomic mass is 10.1.